The zero-order valence-corrected chi connectivity index (χ0v) is 22.3. The highest BCUT2D eigenvalue weighted by atomic mass is 16.5. The minimum Gasteiger partial charge on any atom is -0.481 e. The van der Waals surface area contributed by atoms with Gasteiger partial charge >= 0.3 is 11.9 Å². The molecule has 34 heavy (non-hydrogen) atoms. The molecule has 0 aliphatic rings. The van der Waals surface area contributed by atoms with Crippen molar-refractivity contribution in [3.05, 3.63) is 0 Å². The second kappa shape index (κ2) is 31.8. The highest BCUT2D eigenvalue weighted by Crippen LogP contribution is 2.10. The van der Waals surface area contributed by atoms with Gasteiger partial charge in [0.1, 0.15) is 0 Å². The van der Waals surface area contributed by atoms with Crippen LogP contribution in [0.5, 0.6) is 0 Å². The maximum Gasteiger partial charge on any atom is 0.303 e. The van der Waals surface area contributed by atoms with Crippen LogP contribution in [0.4, 0.5) is 0 Å². The zero-order valence-electron chi connectivity index (χ0n) is 22.3. The third-order valence-electron chi connectivity index (χ3n) is 5.09. The fourth-order valence-corrected chi connectivity index (χ4v) is 3.05. The van der Waals surface area contributed by atoms with Gasteiger partial charge in [-0.05, 0) is 38.5 Å². The molecular weight excluding hydrogens is 440 g/mol. The summed E-state index contributed by atoms with van der Waals surface area (Å²) in [4.78, 5) is 19.8. The van der Waals surface area contributed by atoms with E-state index in [9.17, 15) is 9.59 Å². The third-order valence-corrected chi connectivity index (χ3v) is 5.09. The van der Waals surface area contributed by atoms with Crippen LogP contribution in [0.3, 0.4) is 0 Å². The molecule has 0 aromatic heterocycles. The highest BCUT2D eigenvalue weighted by Gasteiger charge is 2.05. The Kier molecular flexibility index (Phi) is 34.9. The molecule has 8 heteroatoms. The van der Waals surface area contributed by atoms with Crippen molar-refractivity contribution < 1.29 is 39.5 Å². The summed E-state index contributed by atoms with van der Waals surface area (Å²) in [6.45, 7) is 9.94. The molecule has 2 atom stereocenters. The maximum absolute atomic E-state index is 9.90. The Balaban J connectivity index is -0.000000426. The van der Waals surface area contributed by atoms with Crippen LogP contribution < -0.4 is 0 Å². The summed E-state index contributed by atoms with van der Waals surface area (Å²) in [5.74, 6) is -1.74. The molecule has 0 spiro atoms. The summed E-state index contributed by atoms with van der Waals surface area (Å²) >= 11 is 0. The number of aliphatic hydroxyl groups excluding tert-OH is 2. The van der Waals surface area contributed by atoms with E-state index < -0.39 is 11.9 Å². The predicted molar refractivity (Wildman–Crippen MR) is 136 cm³/mol. The Bertz CT molecular complexity index is 380. The van der Waals surface area contributed by atoms with Gasteiger partial charge in [0.2, 0.25) is 0 Å². The van der Waals surface area contributed by atoms with E-state index in [4.69, 9.17) is 29.9 Å². The standard InChI is InChI=1S/2C10H22O2.C6H10O4/c2*1-3-5-6-7-10(4-2)12-9-8-11;7-5(8)3-1-2-4-6(9)10/h2*10-11H,3-9H2,1-2H3;1-4H2,(H,7,8)(H,9,10). The van der Waals surface area contributed by atoms with Gasteiger partial charge < -0.3 is 29.9 Å². The van der Waals surface area contributed by atoms with Crippen molar-refractivity contribution in [3.8, 4) is 0 Å². The Labute approximate surface area is 208 Å². The van der Waals surface area contributed by atoms with E-state index >= 15 is 0 Å². The van der Waals surface area contributed by atoms with E-state index in [-0.39, 0.29) is 26.1 Å². The molecule has 0 bridgehead atoms. The summed E-state index contributed by atoms with van der Waals surface area (Å²) in [6.07, 6.45) is 13.8. The number of carbonyl (C=O) groups is 2. The molecular formula is C26H54O8. The lowest BCUT2D eigenvalue weighted by molar-refractivity contribution is -0.139. The minimum absolute atomic E-state index is 0.0628. The van der Waals surface area contributed by atoms with Crippen molar-refractivity contribution >= 4 is 11.9 Å². The van der Waals surface area contributed by atoms with Gasteiger partial charge in [0.25, 0.3) is 0 Å². The molecule has 0 saturated heterocycles. The highest BCUT2D eigenvalue weighted by molar-refractivity contribution is 5.67. The largest absolute Gasteiger partial charge is 0.481 e. The van der Waals surface area contributed by atoms with Crippen LogP contribution in [-0.2, 0) is 19.1 Å². The number of hydrogen-bond donors (Lipinski definition) is 4. The van der Waals surface area contributed by atoms with Gasteiger partial charge in [0.15, 0.2) is 0 Å². The summed E-state index contributed by atoms with van der Waals surface area (Å²) in [5, 5.41) is 33.4. The topological polar surface area (TPSA) is 134 Å². The van der Waals surface area contributed by atoms with Crippen LogP contribution in [0, 0.1) is 0 Å². The maximum atomic E-state index is 9.90. The number of aliphatic hydroxyl groups is 2. The molecule has 0 aromatic carbocycles. The van der Waals surface area contributed by atoms with Crippen LogP contribution in [0.25, 0.3) is 0 Å². The molecule has 0 aliphatic heterocycles. The van der Waals surface area contributed by atoms with Crippen molar-refractivity contribution in [2.24, 2.45) is 0 Å². The normalized spacial score (nSPS) is 12.1. The summed E-state index contributed by atoms with van der Waals surface area (Å²) in [6, 6.07) is 0. The van der Waals surface area contributed by atoms with Crippen molar-refractivity contribution in [2.75, 3.05) is 26.4 Å². The van der Waals surface area contributed by atoms with Gasteiger partial charge in [-0.3, -0.25) is 9.59 Å². The van der Waals surface area contributed by atoms with E-state index in [1.807, 2.05) is 0 Å². The van der Waals surface area contributed by atoms with Crippen LogP contribution >= 0.6 is 0 Å². The average molecular weight is 495 g/mol. The molecule has 0 aliphatic carbocycles. The Morgan fingerprint density at radius 1 is 0.618 bits per heavy atom. The fraction of sp³-hybridized carbons (Fsp3) is 0.923. The van der Waals surface area contributed by atoms with Gasteiger partial charge in [-0.1, -0.05) is 66.2 Å². The smallest absolute Gasteiger partial charge is 0.303 e. The quantitative estimate of drug-likeness (QED) is 0.155. The van der Waals surface area contributed by atoms with Crippen LogP contribution in [0.2, 0.25) is 0 Å². The van der Waals surface area contributed by atoms with Gasteiger partial charge in [-0.15, -0.1) is 0 Å². The average Bonchev–Trinajstić information content (AvgIpc) is 2.82. The molecule has 4 N–H and O–H groups in total. The lowest BCUT2D eigenvalue weighted by Crippen LogP contribution is -2.14. The number of ether oxygens (including phenoxy) is 2. The fourth-order valence-electron chi connectivity index (χ4n) is 3.05. The molecule has 0 fully saturated rings. The molecule has 0 saturated carbocycles. The summed E-state index contributed by atoms with van der Waals surface area (Å²) in [7, 11) is 0. The summed E-state index contributed by atoms with van der Waals surface area (Å²) in [5.41, 5.74) is 0. The third kappa shape index (κ3) is 35.4. The number of aliphatic carboxylic acids is 2. The van der Waals surface area contributed by atoms with Gasteiger partial charge in [0, 0.05) is 12.8 Å². The monoisotopic (exact) mass is 494 g/mol. The first kappa shape index (κ1) is 37.3. The Morgan fingerprint density at radius 3 is 1.21 bits per heavy atom. The van der Waals surface area contributed by atoms with Crippen molar-refractivity contribution in [1.29, 1.82) is 0 Å². The molecule has 0 rings (SSSR count). The van der Waals surface area contributed by atoms with Gasteiger partial charge in [-0.2, -0.15) is 0 Å². The molecule has 8 nitrogen and oxygen atoms in total. The van der Waals surface area contributed by atoms with Crippen LogP contribution in [0.15, 0.2) is 0 Å². The first-order valence-electron chi connectivity index (χ1n) is 13.2. The zero-order chi connectivity index (χ0) is 26.5. The second-order valence-corrected chi connectivity index (χ2v) is 8.24. The lowest BCUT2D eigenvalue weighted by atomic mass is 10.1. The predicted octanol–water partition coefficient (Wildman–Crippen LogP) is 5.42. The molecule has 0 heterocycles. The Hall–Kier alpha value is -1.22. The first-order valence-corrected chi connectivity index (χ1v) is 13.2. The molecule has 206 valence electrons. The van der Waals surface area contributed by atoms with Crippen molar-refractivity contribution in [2.45, 2.75) is 130 Å². The van der Waals surface area contributed by atoms with E-state index in [2.05, 4.69) is 27.7 Å². The number of carboxylic acid groups (broad SMARTS) is 2. The van der Waals surface area contributed by atoms with E-state index in [1.165, 1.54) is 38.5 Å². The van der Waals surface area contributed by atoms with Crippen LogP contribution in [0.1, 0.15) is 118 Å². The Morgan fingerprint density at radius 2 is 0.971 bits per heavy atom. The van der Waals surface area contributed by atoms with Crippen LogP contribution in [-0.4, -0.2) is 71.0 Å². The molecule has 2 unspecified atom stereocenters. The second-order valence-electron chi connectivity index (χ2n) is 8.24. The minimum atomic E-state index is -0.870. The SMILES string of the molecule is CCCCCC(CC)OCCO.CCCCCC(CC)OCCO.O=C(O)CCCCC(=O)O. The number of carboxylic acids is 2. The van der Waals surface area contributed by atoms with E-state index in [1.54, 1.807) is 0 Å². The number of unbranched alkanes of at least 4 members (excludes halogenated alkanes) is 5. The molecule has 0 amide bonds. The van der Waals surface area contributed by atoms with Crippen molar-refractivity contribution in [1.82, 2.24) is 0 Å². The van der Waals surface area contributed by atoms with E-state index in [0.29, 0.717) is 38.3 Å². The van der Waals surface area contributed by atoms with Crippen molar-refractivity contribution in [3.63, 3.8) is 0 Å². The number of rotatable bonds is 21. The first-order chi connectivity index (χ1) is 16.3. The molecule has 0 aromatic rings. The van der Waals surface area contributed by atoms with Gasteiger partial charge in [0.05, 0.1) is 38.6 Å². The molecule has 0 radical (unpaired) electrons. The summed E-state index contributed by atoms with van der Waals surface area (Å²) < 4.78 is 10.9. The number of hydrogen-bond acceptors (Lipinski definition) is 6. The van der Waals surface area contributed by atoms with Gasteiger partial charge in [-0.25, -0.2) is 0 Å². The lowest BCUT2D eigenvalue weighted by Gasteiger charge is -2.14. The van der Waals surface area contributed by atoms with E-state index in [0.717, 1.165) is 25.7 Å².